The lowest BCUT2D eigenvalue weighted by Gasteiger charge is -2.14. The van der Waals surface area contributed by atoms with Crippen molar-refractivity contribution in [2.75, 3.05) is 0 Å². The topological polar surface area (TPSA) is 64.7 Å². The second-order valence-corrected chi connectivity index (χ2v) is 6.39. The molecule has 120 valence electrons. The molecular weight excluding hydrogens is 346 g/mol. The summed E-state index contributed by atoms with van der Waals surface area (Å²) in [6.07, 6.45) is 0. The van der Waals surface area contributed by atoms with Crippen molar-refractivity contribution in [2.24, 2.45) is 7.05 Å². The van der Waals surface area contributed by atoms with Gasteiger partial charge in [0, 0.05) is 24.8 Å². The Morgan fingerprint density at radius 1 is 1.18 bits per heavy atom. The number of hydrogen-bond donors (Lipinski definition) is 1. The van der Waals surface area contributed by atoms with E-state index in [1.807, 2.05) is 46.3 Å². The molecule has 0 aromatic carbocycles. The summed E-state index contributed by atoms with van der Waals surface area (Å²) >= 11 is 3.49. The highest BCUT2D eigenvalue weighted by Gasteiger charge is 2.21. The SMILES string of the molecule is Cc1nn(C(C)C(=O)NCc2c(C)nn(C)c2C)c(C)c1Br. The smallest absolute Gasteiger partial charge is 0.244 e. The Kier molecular flexibility index (Phi) is 4.75. The second kappa shape index (κ2) is 6.24. The van der Waals surface area contributed by atoms with Gasteiger partial charge in [0.15, 0.2) is 0 Å². The van der Waals surface area contributed by atoms with Crippen molar-refractivity contribution in [1.29, 1.82) is 0 Å². The van der Waals surface area contributed by atoms with Crippen LogP contribution in [0.5, 0.6) is 0 Å². The van der Waals surface area contributed by atoms with Crippen LogP contribution in [0, 0.1) is 27.7 Å². The molecule has 1 unspecified atom stereocenters. The van der Waals surface area contributed by atoms with Gasteiger partial charge in [0.25, 0.3) is 0 Å². The van der Waals surface area contributed by atoms with Gasteiger partial charge in [-0.15, -0.1) is 0 Å². The van der Waals surface area contributed by atoms with Gasteiger partial charge in [-0.2, -0.15) is 10.2 Å². The summed E-state index contributed by atoms with van der Waals surface area (Å²) in [5, 5.41) is 11.8. The third-order valence-corrected chi connectivity index (χ3v) is 5.23. The highest BCUT2D eigenvalue weighted by atomic mass is 79.9. The zero-order chi connectivity index (χ0) is 16.6. The number of amides is 1. The highest BCUT2D eigenvalue weighted by molar-refractivity contribution is 9.10. The Labute approximate surface area is 139 Å². The third-order valence-electron chi connectivity index (χ3n) is 4.08. The van der Waals surface area contributed by atoms with Gasteiger partial charge >= 0.3 is 0 Å². The van der Waals surface area contributed by atoms with Gasteiger partial charge in [-0.3, -0.25) is 14.2 Å². The summed E-state index contributed by atoms with van der Waals surface area (Å²) in [4.78, 5) is 12.4. The van der Waals surface area contributed by atoms with E-state index in [4.69, 9.17) is 0 Å². The largest absolute Gasteiger partial charge is 0.350 e. The number of aromatic nitrogens is 4. The maximum atomic E-state index is 12.4. The molecule has 7 heteroatoms. The van der Waals surface area contributed by atoms with Crippen LogP contribution in [0.4, 0.5) is 0 Å². The normalized spacial score (nSPS) is 12.5. The molecule has 0 spiro atoms. The molecule has 0 bridgehead atoms. The molecule has 6 nitrogen and oxygen atoms in total. The molecule has 0 fully saturated rings. The van der Waals surface area contributed by atoms with Gasteiger partial charge in [-0.05, 0) is 50.5 Å². The summed E-state index contributed by atoms with van der Waals surface area (Å²) in [6.45, 7) is 10.2. The second-order valence-electron chi connectivity index (χ2n) is 5.60. The maximum Gasteiger partial charge on any atom is 0.244 e. The van der Waals surface area contributed by atoms with Crippen molar-refractivity contribution >= 4 is 21.8 Å². The number of aryl methyl sites for hydroxylation is 3. The van der Waals surface area contributed by atoms with Crippen molar-refractivity contribution in [2.45, 2.75) is 47.2 Å². The van der Waals surface area contributed by atoms with Crippen LogP contribution in [-0.2, 0) is 18.4 Å². The summed E-state index contributed by atoms with van der Waals surface area (Å²) in [5.74, 6) is -0.0549. The highest BCUT2D eigenvalue weighted by Crippen LogP contribution is 2.23. The number of hydrogen-bond acceptors (Lipinski definition) is 3. The monoisotopic (exact) mass is 367 g/mol. The summed E-state index contributed by atoms with van der Waals surface area (Å²) in [7, 11) is 1.91. The van der Waals surface area contributed by atoms with Crippen LogP contribution in [0.25, 0.3) is 0 Å². The van der Waals surface area contributed by atoms with Crippen LogP contribution in [0.15, 0.2) is 4.47 Å². The standard InChI is InChI=1S/C15H22BrN5O/c1-8-13(10(3)20(6)18-8)7-17-15(22)12(5)21-11(4)14(16)9(2)19-21/h12H,7H2,1-6H3,(H,17,22). The van der Waals surface area contributed by atoms with Crippen molar-refractivity contribution in [1.82, 2.24) is 24.9 Å². The van der Waals surface area contributed by atoms with E-state index in [-0.39, 0.29) is 11.9 Å². The summed E-state index contributed by atoms with van der Waals surface area (Å²) in [6, 6.07) is -0.359. The molecule has 1 N–H and O–H groups in total. The Morgan fingerprint density at radius 2 is 1.82 bits per heavy atom. The van der Waals surface area contributed by atoms with E-state index in [0.717, 1.165) is 32.8 Å². The molecule has 0 radical (unpaired) electrons. The zero-order valence-corrected chi connectivity index (χ0v) is 15.4. The van der Waals surface area contributed by atoms with Crippen molar-refractivity contribution in [3.8, 4) is 0 Å². The Hall–Kier alpha value is -1.63. The quantitative estimate of drug-likeness (QED) is 0.902. The lowest BCUT2D eigenvalue weighted by Crippen LogP contribution is -2.31. The first-order chi connectivity index (χ1) is 10.2. The molecule has 1 atom stereocenters. The van der Waals surface area contributed by atoms with Crippen molar-refractivity contribution in [3.63, 3.8) is 0 Å². The van der Waals surface area contributed by atoms with Crippen LogP contribution in [0.1, 0.15) is 41.3 Å². The van der Waals surface area contributed by atoms with E-state index in [0.29, 0.717) is 6.54 Å². The van der Waals surface area contributed by atoms with E-state index in [9.17, 15) is 4.79 Å². The number of rotatable bonds is 4. The van der Waals surface area contributed by atoms with Crippen molar-refractivity contribution in [3.05, 3.63) is 32.8 Å². The number of nitrogens with one attached hydrogen (secondary N) is 1. The molecular formula is C15H22BrN5O. The first-order valence-corrected chi connectivity index (χ1v) is 8.01. The molecule has 2 aromatic heterocycles. The predicted molar refractivity (Wildman–Crippen MR) is 88.6 cm³/mol. The summed E-state index contributed by atoms with van der Waals surface area (Å²) < 4.78 is 4.53. The first-order valence-electron chi connectivity index (χ1n) is 7.22. The first kappa shape index (κ1) is 16.7. The van der Waals surface area contributed by atoms with Crippen LogP contribution in [0.2, 0.25) is 0 Å². The molecule has 0 aliphatic heterocycles. The number of nitrogens with zero attached hydrogens (tertiary/aromatic N) is 4. The average molecular weight is 368 g/mol. The van der Waals surface area contributed by atoms with Gasteiger partial charge < -0.3 is 5.32 Å². The van der Waals surface area contributed by atoms with Crippen LogP contribution < -0.4 is 5.32 Å². The Morgan fingerprint density at radius 3 is 2.27 bits per heavy atom. The maximum absolute atomic E-state index is 12.4. The lowest BCUT2D eigenvalue weighted by molar-refractivity contribution is -0.124. The minimum absolute atomic E-state index is 0.0549. The molecule has 2 heterocycles. The van der Waals surface area contributed by atoms with E-state index in [1.54, 1.807) is 4.68 Å². The van der Waals surface area contributed by atoms with Crippen molar-refractivity contribution < 1.29 is 4.79 Å². The Balaban J connectivity index is 2.10. The van der Waals surface area contributed by atoms with E-state index in [2.05, 4.69) is 31.4 Å². The lowest BCUT2D eigenvalue weighted by atomic mass is 10.2. The molecule has 1 amide bonds. The van der Waals surface area contributed by atoms with Gasteiger partial charge in [-0.1, -0.05) is 0 Å². The fourth-order valence-corrected chi connectivity index (χ4v) is 2.79. The van der Waals surface area contributed by atoms with E-state index in [1.165, 1.54) is 0 Å². The zero-order valence-electron chi connectivity index (χ0n) is 13.9. The van der Waals surface area contributed by atoms with Gasteiger partial charge in [0.1, 0.15) is 6.04 Å². The Bertz CT molecular complexity index is 716. The van der Waals surface area contributed by atoms with E-state index < -0.39 is 0 Å². The minimum Gasteiger partial charge on any atom is -0.350 e. The predicted octanol–water partition coefficient (Wildman–Crippen LogP) is 2.49. The molecule has 2 aromatic rings. The molecule has 0 aliphatic carbocycles. The van der Waals surface area contributed by atoms with Crippen LogP contribution >= 0.6 is 15.9 Å². The third kappa shape index (κ3) is 2.95. The fraction of sp³-hybridized carbons (Fsp3) is 0.533. The molecule has 2 rings (SSSR count). The average Bonchev–Trinajstić information content (AvgIpc) is 2.87. The summed E-state index contributed by atoms with van der Waals surface area (Å²) in [5.41, 5.74) is 4.92. The van der Waals surface area contributed by atoms with Crippen LogP contribution in [-0.4, -0.2) is 25.5 Å². The van der Waals surface area contributed by atoms with Gasteiger partial charge in [0.05, 0.1) is 21.6 Å². The van der Waals surface area contributed by atoms with Gasteiger partial charge in [-0.25, -0.2) is 0 Å². The molecule has 0 saturated heterocycles. The number of carbonyl (C=O) groups excluding carboxylic acids is 1. The van der Waals surface area contributed by atoms with E-state index >= 15 is 0 Å². The minimum atomic E-state index is -0.359. The molecule has 0 aliphatic rings. The molecule has 22 heavy (non-hydrogen) atoms. The van der Waals surface area contributed by atoms with Crippen LogP contribution in [0.3, 0.4) is 0 Å². The fourth-order valence-electron chi connectivity index (χ4n) is 2.53. The van der Waals surface area contributed by atoms with Gasteiger partial charge in [0.2, 0.25) is 5.91 Å². The number of carbonyl (C=O) groups is 1. The number of halogens is 1. The molecule has 0 saturated carbocycles.